The maximum atomic E-state index is 11.8. The van der Waals surface area contributed by atoms with Gasteiger partial charge >= 0.3 is 0 Å². The number of carbonyl (C=O) groups is 1. The lowest BCUT2D eigenvalue weighted by Crippen LogP contribution is -2.25. The molecule has 0 spiro atoms. The Labute approximate surface area is 102 Å². The summed E-state index contributed by atoms with van der Waals surface area (Å²) in [6, 6.07) is 5.91. The van der Waals surface area contributed by atoms with Gasteiger partial charge in [-0.25, -0.2) is 0 Å². The highest BCUT2D eigenvalue weighted by Gasteiger charge is 2.07. The number of alkyl halides is 1. The van der Waals surface area contributed by atoms with Crippen molar-refractivity contribution in [1.29, 1.82) is 0 Å². The Morgan fingerprint density at radius 1 is 1.31 bits per heavy atom. The summed E-state index contributed by atoms with van der Waals surface area (Å²) in [7, 11) is 0. The third kappa shape index (κ3) is 3.86. The Kier molecular flexibility index (Phi) is 5.33. The van der Waals surface area contributed by atoms with Gasteiger partial charge in [0.2, 0.25) is 0 Å². The van der Waals surface area contributed by atoms with Crippen LogP contribution in [0.4, 0.5) is 0 Å². The molecular weight excluding hydrogens is 222 g/mol. The van der Waals surface area contributed by atoms with E-state index in [0.29, 0.717) is 12.4 Å². The lowest BCUT2D eigenvalue weighted by atomic mass is 10.1. The molecule has 1 aromatic rings. The van der Waals surface area contributed by atoms with Crippen LogP contribution in [0.2, 0.25) is 0 Å². The van der Waals surface area contributed by atoms with Gasteiger partial charge in [-0.2, -0.15) is 0 Å². The van der Waals surface area contributed by atoms with E-state index in [4.69, 9.17) is 11.6 Å². The topological polar surface area (TPSA) is 29.1 Å². The van der Waals surface area contributed by atoms with Crippen LogP contribution < -0.4 is 5.32 Å². The number of aryl methyl sites for hydroxylation is 2. The van der Waals surface area contributed by atoms with E-state index >= 15 is 0 Å². The average Bonchev–Trinajstić information content (AvgIpc) is 2.27. The predicted octanol–water partition coefficient (Wildman–Crippen LogP) is 3.05. The van der Waals surface area contributed by atoms with Gasteiger partial charge in [-0.15, -0.1) is 11.6 Å². The molecule has 0 fully saturated rings. The summed E-state index contributed by atoms with van der Waals surface area (Å²) in [6.07, 6.45) is 1.87. The molecular formula is C13H18ClNO. The third-order valence-electron chi connectivity index (χ3n) is 2.48. The fourth-order valence-corrected chi connectivity index (χ4v) is 1.69. The Morgan fingerprint density at radius 3 is 2.75 bits per heavy atom. The zero-order valence-corrected chi connectivity index (χ0v) is 10.6. The molecule has 1 aromatic carbocycles. The Balaban J connectivity index is 2.55. The molecule has 2 nitrogen and oxygen atoms in total. The van der Waals surface area contributed by atoms with Gasteiger partial charge in [0.15, 0.2) is 0 Å². The molecule has 1 N–H and O–H groups in total. The zero-order chi connectivity index (χ0) is 12.0. The SMILES string of the molecule is Cc1ccc(C)c(C(=O)NCCCCCl)c1. The van der Waals surface area contributed by atoms with E-state index in [-0.39, 0.29) is 5.91 Å². The van der Waals surface area contributed by atoms with Crippen LogP contribution in [-0.4, -0.2) is 18.3 Å². The second kappa shape index (κ2) is 6.54. The van der Waals surface area contributed by atoms with Gasteiger partial charge in [0.25, 0.3) is 5.91 Å². The Hall–Kier alpha value is -1.02. The largest absolute Gasteiger partial charge is 0.352 e. The second-order valence-electron chi connectivity index (χ2n) is 3.97. The van der Waals surface area contributed by atoms with E-state index < -0.39 is 0 Å². The quantitative estimate of drug-likeness (QED) is 0.621. The lowest BCUT2D eigenvalue weighted by molar-refractivity contribution is 0.0952. The van der Waals surface area contributed by atoms with Gasteiger partial charge in [0.1, 0.15) is 0 Å². The van der Waals surface area contributed by atoms with Gasteiger partial charge in [-0.05, 0) is 38.3 Å². The predicted molar refractivity (Wildman–Crippen MR) is 68.2 cm³/mol. The van der Waals surface area contributed by atoms with Gasteiger partial charge < -0.3 is 5.32 Å². The van der Waals surface area contributed by atoms with Crippen molar-refractivity contribution >= 4 is 17.5 Å². The maximum absolute atomic E-state index is 11.8. The molecule has 0 aliphatic rings. The minimum atomic E-state index is 0.00997. The molecule has 88 valence electrons. The van der Waals surface area contributed by atoms with Crippen molar-refractivity contribution in [3.05, 3.63) is 34.9 Å². The summed E-state index contributed by atoms with van der Waals surface area (Å²) in [5.41, 5.74) is 2.89. The van der Waals surface area contributed by atoms with Crippen molar-refractivity contribution in [2.45, 2.75) is 26.7 Å². The van der Waals surface area contributed by atoms with E-state index in [2.05, 4.69) is 5.32 Å². The summed E-state index contributed by atoms with van der Waals surface area (Å²) in [6.45, 7) is 4.63. The van der Waals surface area contributed by atoms with Gasteiger partial charge in [0.05, 0.1) is 0 Å². The van der Waals surface area contributed by atoms with E-state index in [1.54, 1.807) is 0 Å². The monoisotopic (exact) mass is 239 g/mol. The highest BCUT2D eigenvalue weighted by atomic mass is 35.5. The highest BCUT2D eigenvalue weighted by molar-refractivity contribution is 6.17. The summed E-state index contributed by atoms with van der Waals surface area (Å²) >= 11 is 5.57. The number of halogens is 1. The van der Waals surface area contributed by atoms with E-state index in [9.17, 15) is 4.79 Å². The van der Waals surface area contributed by atoms with Crippen LogP contribution in [0.25, 0.3) is 0 Å². The molecule has 0 aliphatic carbocycles. The fourth-order valence-electron chi connectivity index (χ4n) is 1.50. The minimum Gasteiger partial charge on any atom is -0.352 e. The van der Waals surface area contributed by atoms with E-state index in [0.717, 1.165) is 29.5 Å². The van der Waals surface area contributed by atoms with Crippen molar-refractivity contribution in [1.82, 2.24) is 5.32 Å². The Bertz CT molecular complexity index is 363. The van der Waals surface area contributed by atoms with Gasteiger partial charge in [-0.1, -0.05) is 17.7 Å². The first-order valence-electron chi connectivity index (χ1n) is 5.56. The molecule has 1 rings (SSSR count). The number of hydrogen-bond donors (Lipinski definition) is 1. The molecule has 0 bridgehead atoms. The number of amides is 1. The first kappa shape index (κ1) is 13.0. The molecule has 0 aromatic heterocycles. The smallest absolute Gasteiger partial charge is 0.251 e. The lowest BCUT2D eigenvalue weighted by Gasteiger charge is -2.08. The standard InChI is InChI=1S/C13H18ClNO/c1-10-5-6-11(2)12(9-10)13(16)15-8-4-3-7-14/h5-6,9H,3-4,7-8H2,1-2H3,(H,15,16). The summed E-state index contributed by atoms with van der Waals surface area (Å²) in [4.78, 5) is 11.8. The first-order chi connectivity index (χ1) is 7.65. The fraction of sp³-hybridized carbons (Fsp3) is 0.462. The molecule has 0 saturated carbocycles. The van der Waals surface area contributed by atoms with Gasteiger partial charge in [0, 0.05) is 18.0 Å². The Morgan fingerprint density at radius 2 is 2.06 bits per heavy atom. The molecule has 0 heterocycles. The molecule has 3 heteroatoms. The normalized spacial score (nSPS) is 10.2. The molecule has 0 saturated heterocycles. The van der Waals surface area contributed by atoms with E-state index in [1.165, 1.54) is 0 Å². The third-order valence-corrected chi connectivity index (χ3v) is 2.75. The van der Waals surface area contributed by atoms with Crippen LogP contribution in [0.15, 0.2) is 18.2 Å². The number of hydrogen-bond acceptors (Lipinski definition) is 1. The summed E-state index contributed by atoms with van der Waals surface area (Å²) in [5.74, 6) is 0.662. The van der Waals surface area contributed by atoms with Crippen molar-refractivity contribution in [2.24, 2.45) is 0 Å². The van der Waals surface area contributed by atoms with Crippen molar-refractivity contribution in [3.63, 3.8) is 0 Å². The van der Waals surface area contributed by atoms with Crippen LogP contribution in [0, 0.1) is 13.8 Å². The average molecular weight is 240 g/mol. The minimum absolute atomic E-state index is 0.00997. The molecule has 0 radical (unpaired) electrons. The van der Waals surface area contributed by atoms with Crippen LogP contribution >= 0.6 is 11.6 Å². The second-order valence-corrected chi connectivity index (χ2v) is 4.35. The molecule has 1 amide bonds. The molecule has 0 aliphatic heterocycles. The number of carbonyl (C=O) groups excluding carboxylic acids is 1. The van der Waals surface area contributed by atoms with Gasteiger partial charge in [-0.3, -0.25) is 4.79 Å². The van der Waals surface area contributed by atoms with Crippen molar-refractivity contribution < 1.29 is 4.79 Å². The number of unbranched alkanes of at least 4 members (excludes halogenated alkanes) is 1. The number of rotatable bonds is 5. The summed E-state index contributed by atoms with van der Waals surface area (Å²) < 4.78 is 0. The zero-order valence-electron chi connectivity index (χ0n) is 9.85. The number of nitrogens with one attached hydrogen (secondary N) is 1. The first-order valence-corrected chi connectivity index (χ1v) is 6.10. The highest BCUT2D eigenvalue weighted by Crippen LogP contribution is 2.10. The molecule has 16 heavy (non-hydrogen) atoms. The van der Waals surface area contributed by atoms with Crippen LogP contribution in [-0.2, 0) is 0 Å². The molecule has 0 atom stereocenters. The van der Waals surface area contributed by atoms with E-state index in [1.807, 2.05) is 32.0 Å². The number of benzene rings is 1. The van der Waals surface area contributed by atoms with Crippen LogP contribution in [0.1, 0.15) is 34.3 Å². The van der Waals surface area contributed by atoms with Crippen LogP contribution in [0.3, 0.4) is 0 Å². The van der Waals surface area contributed by atoms with Crippen molar-refractivity contribution in [3.8, 4) is 0 Å². The van der Waals surface area contributed by atoms with Crippen molar-refractivity contribution in [2.75, 3.05) is 12.4 Å². The molecule has 0 unspecified atom stereocenters. The van der Waals surface area contributed by atoms with Crippen LogP contribution in [0.5, 0.6) is 0 Å². The summed E-state index contributed by atoms with van der Waals surface area (Å²) in [5, 5.41) is 2.90. The maximum Gasteiger partial charge on any atom is 0.251 e.